The lowest BCUT2D eigenvalue weighted by Crippen LogP contribution is -2.33. The van der Waals surface area contributed by atoms with Gasteiger partial charge in [0.25, 0.3) is 5.91 Å². The third-order valence-electron chi connectivity index (χ3n) is 3.25. The molecule has 1 aromatic heterocycles. The zero-order chi connectivity index (χ0) is 14.1. The fraction of sp³-hybridized carbons (Fsp3) is 0.308. The summed E-state index contributed by atoms with van der Waals surface area (Å²) in [5.41, 5.74) is 5.89. The molecule has 1 aliphatic carbocycles. The number of rotatable bonds is 4. The highest BCUT2D eigenvalue weighted by Crippen LogP contribution is 2.29. The highest BCUT2D eigenvalue weighted by Gasteiger charge is 2.34. The Morgan fingerprint density at radius 1 is 1.45 bits per heavy atom. The van der Waals surface area contributed by atoms with Gasteiger partial charge in [-0.15, -0.1) is 5.10 Å². The minimum Gasteiger partial charge on any atom is -0.366 e. The summed E-state index contributed by atoms with van der Waals surface area (Å²) in [6, 6.07) is 6.57. The molecule has 0 radical (unpaired) electrons. The van der Waals surface area contributed by atoms with E-state index in [-0.39, 0.29) is 36.1 Å². The lowest BCUT2D eigenvalue weighted by molar-refractivity contribution is 0.0716. The predicted octanol–water partition coefficient (Wildman–Crippen LogP) is 1.33. The SMILES string of the molecule is Nc1n[nH]c(C(=O)N(Cc2ccccc2F)C2CC2)n1. The van der Waals surface area contributed by atoms with Gasteiger partial charge < -0.3 is 10.6 Å². The van der Waals surface area contributed by atoms with Gasteiger partial charge in [-0.2, -0.15) is 4.98 Å². The van der Waals surface area contributed by atoms with Crippen molar-refractivity contribution in [1.29, 1.82) is 0 Å². The van der Waals surface area contributed by atoms with Crippen molar-refractivity contribution in [3.63, 3.8) is 0 Å². The van der Waals surface area contributed by atoms with Crippen molar-refractivity contribution in [2.24, 2.45) is 0 Å². The zero-order valence-electron chi connectivity index (χ0n) is 10.7. The fourth-order valence-electron chi connectivity index (χ4n) is 2.07. The first-order chi connectivity index (χ1) is 9.65. The molecule has 0 aliphatic heterocycles. The van der Waals surface area contributed by atoms with Gasteiger partial charge in [-0.05, 0) is 18.9 Å². The van der Waals surface area contributed by atoms with Crippen LogP contribution in [0.1, 0.15) is 29.0 Å². The minimum absolute atomic E-state index is 0.0231. The number of nitrogens with one attached hydrogen (secondary N) is 1. The molecule has 1 heterocycles. The Morgan fingerprint density at radius 2 is 2.20 bits per heavy atom. The monoisotopic (exact) mass is 275 g/mol. The molecule has 3 N–H and O–H groups in total. The molecule has 0 spiro atoms. The van der Waals surface area contributed by atoms with Crippen LogP contribution in [-0.2, 0) is 6.54 Å². The largest absolute Gasteiger partial charge is 0.366 e. The second-order valence-electron chi connectivity index (χ2n) is 4.80. The molecule has 1 aromatic carbocycles. The number of nitrogen functional groups attached to an aromatic ring is 1. The van der Waals surface area contributed by atoms with Crippen LogP contribution in [0.4, 0.5) is 10.3 Å². The molecule has 104 valence electrons. The van der Waals surface area contributed by atoms with Gasteiger partial charge in [0.15, 0.2) is 0 Å². The van der Waals surface area contributed by atoms with Crippen LogP contribution >= 0.6 is 0 Å². The maximum absolute atomic E-state index is 13.7. The maximum Gasteiger partial charge on any atom is 0.291 e. The Kier molecular flexibility index (Phi) is 3.09. The van der Waals surface area contributed by atoms with Crippen molar-refractivity contribution in [2.45, 2.75) is 25.4 Å². The standard InChI is InChI=1S/C13H14FN5O/c14-10-4-2-1-3-8(10)7-19(9-5-6-9)12(20)11-16-13(15)18-17-11/h1-4,9H,5-7H2,(H3,15,16,17,18). The van der Waals surface area contributed by atoms with E-state index in [4.69, 9.17) is 5.73 Å². The number of benzene rings is 1. The molecule has 2 aromatic rings. The number of carbonyl (C=O) groups excluding carboxylic acids is 1. The Balaban J connectivity index is 1.83. The van der Waals surface area contributed by atoms with Gasteiger partial charge in [0, 0.05) is 18.2 Å². The molecule has 0 unspecified atom stereocenters. The summed E-state index contributed by atoms with van der Waals surface area (Å²) in [4.78, 5) is 17.8. The van der Waals surface area contributed by atoms with E-state index >= 15 is 0 Å². The first-order valence-electron chi connectivity index (χ1n) is 6.37. The number of aromatic nitrogens is 3. The van der Waals surface area contributed by atoms with Crippen LogP contribution in [-0.4, -0.2) is 32.0 Å². The lowest BCUT2D eigenvalue weighted by atomic mass is 10.2. The van der Waals surface area contributed by atoms with E-state index in [0.717, 1.165) is 12.8 Å². The van der Waals surface area contributed by atoms with E-state index in [1.165, 1.54) is 6.07 Å². The van der Waals surface area contributed by atoms with E-state index < -0.39 is 0 Å². The number of aromatic amines is 1. The summed E-state index contributed by atoms with van der Waals surface area (Å²) in [7, 11) is 0. The van der Waals surface area contributed by atoms with Crippen LogP contribution in [0.2, 0.25) is 0 Å². The van der Waals surface area contributed by atoms with Gasteiger partial charge in [-0.25, -0.2) is 4.39 Å². The second kappa shape index (κ2) is 4.92. The van der Waals surface area contributed by atoms with E-state index in [0.29, 0.717) is 5.56 Å². The number of nitrogens with two attached hydrogens (primary N) is 1. The van der Waals surface area contributed by atoms with Gasteiger partial charge in [-0.1, -0.05) is 18.2 Å². The Morgan fingerprint density at radius 3 is 2.80 bits per heavy atom. The van der Waals surface area contributed by atoms with Gasteiger partial charge in [0.2, 0.25) is 11.8 Å². The second-order valence-corrected chi connectivity index (χ2v) is 4.80. The summed E-state index contributed by atoms with van der Waals surface area (Å²) in [6.07, 6.45) is 1.84. The number of hydrogen-bond donors (Lipinski definition) is 2. The predicted molar refractivity (Wildman–Crippen MR) is 70.1 cm³/mol. The normalized spacial score (nSPS) is 14.2. The van der Waals surface area contributed by atoms with E-state index in [2.05, 4.69) is 15.2 Å². The van der Waals surface area contributed by atoms with Crippen molar-refractivity contribution in [3.8, 4) is 0 Å². The number of halogens is 1. The van der Waals surface area contributed by atoms with Crippen molar-refractivity contribution in [3.05, 3.63) is 41.5 Å². The summed E-state index contributed by atoms with van der Waals surface area (Å²) in [5, 5.41) is 6.14. The van der Waals surface area contributed by atoms with Crippen molar-refractivity contribution in [2.75, 3.05) is 5.73 Å². The van der Waals surface area contributed by atoms with Crippen LogP contribution in [0.5, 0.6) is 0 Å². The maximum atomic E-state index is 13.7. The fourth-order valence-corrected chi connectivity index (χ4v) is 2.07. The molecule has 1 fully saturated rings. The van der Waals surface area contributed by atoms with E-state index in [1.807, 2.05) is 0 Å². The average Bonchev–Trinajstić information content (AvgIpc) is 3.18. The Bertz CT molecular complexity index is 637. The summed E-state index contributed by atoms with van der Waals surface area (Å²) in [6.45, 7) is 0.219. The van der Waals surface area contributed by atoms with Crippen molar-refractivity contribution < 1.29 is 9.18 Å². The van der Waals surface area contributed by atoms with Gasteiger partial charge in [-0.3, -0.25) is 9.89 Å². The van der Waals surface area contributed by atoms with Crippen molar-refractivity contribution >= 4 is 11.9 Å². The molecule has 0 saturated heterocycles. The summed E-state index contributed by atoms with van der Waals surface area (Å²) < 4.78 is 13.7. The topological polar surface area (TPSA) is 87.9 Å². The summed E-state index contributed by atoms with van der Waals surface area (Å²) >= 11 is 0. The smallest absolute Gasteiger partial charge is 0.291 e. The van der Waals surface area contributed by atoms with Crippen LogP contribution in [0, 0.1) is 5.82 Å². The molecule has 6 nitrogen and oxygen atoms in total. The first-order valence-corrected chi connectivity index (χ1v) is 6.37. The van der Waals surface area contributed by atoms with Gasteiger partial charge in [0.05, 0.1) is 0 Å². The molecular formula is C13H14FN5O. The number of carbonyl (C=O) groups is 1. The number of nitrogens with zero attached hydrogens (tertiary/aromatic N) is 3. The van der Waals surface area contributed by atoms with Crippen molar-refractivity contribution in [1.82, 2.24) is 20.1 Å². The quantitative estimate of drug-likeness (QED) is 0.881. The third-order valence-corrected chi connectivity index (χ3v) is 3.25. The average molecular weight is 275 g/mol. The molecule has 7 heteroatoms. The van der Waals surface area contributed by atoms with E-state index in [9.17, 15) is 9.18 Å². The van der Waals surface area contributed by atoms with Crippen LogP contribution < -0.4 is 5.73 Å². The third kappa shape index (κ3) is 2.47. The molecular weight excluding hydrogens is 261 g/mol. The van der Waals surface area contributed by atoms with E-state index in [1.54, 1.807) is 23.1 Å². The number of H-pyrrole nitrogens is 1. The molecule has 3 rings (SSSR count). The molecule has 20 heavy (non-hydrogen) atoms. The Hall–Kier alpha value is -2.44. The number of hydrogen-bond acceptors (Lipinski definition) is 4. The number of anilines is 1. The van der Waals surface area contributed by atoms with Crippen LogP contribution in [0.25, 0.3) is 0 Å². The van der Waals surface area contributed by atoms with Crippen LogP contribution in [0.3, 0.4) is 0 Å². The molecule has 0 bridgehead atoms. The molecule has 1 amide bonds. The van der Waals surface area contributed by atoms with Gasteiger partial charge in [0.1, 0.15) is 5.82 Å². The Labute approximate surface area is 114 Å². The van der Waals surface area contributed by atoms with Gasteiger partial charge >= 0.3 is 0 Å². The highest BCUT2D eigenvalue weighted by atomic mass is 19.1. The molecule has 1 saturated carbocycles. The molecule has 0 atom stereocenters. The highest BCUT2D eigenvalue weighted by molar-refractivity contribution is 5.91. The summed E-state index contributed by atoms with van der Waals surface area (Å²) in [5.74, 6) is -0.510. The zero-order valence-corrected chi connectivity index (χ0v) is 10.7. The number of amides is 1. The minimum atomic E-state index is -0.317. The van der Waals surface area contributed by atoms with Crippen LogP contribution in [0.15, 0.2) is 24.3 Å². The molecule has 1 aliphatic rings. The first kappa shape index (κ1) is 12.6. The lowest BCUT2D eigenvalue weighted by Gasteiger charge is -2.21.